The first-order valence-electron chi connectivity index (χ1n) is 11.9. The van der Waals surface area contributed by atoms with Crippen LogP contribution < -0.4 is 10.2 Å². The molecule has 1 fully saturated rings. The van der Waals surface area contributed by atoms with E-state index in [9.17, 15) is 24.6 Å². The number of carbonyl (C=O) groups is 3. The second-order valence-corrected chi connectivity index (χ2v) is 9.17. The van der Waals surface area contributed by atoms with Gasteiger partial charge in [-0.2, -0.15) is 0 Å². The Morgan fingerprint density at radius 1 is 1.23 bits per heavy atom. The van der Waals surface area contributed by atoms with E-state index in [4.69, 9.17) is 0 Å². The summed E-state index contributed by atoms with van der Waals surface area (Å²) >= 11 is 0. The lowest BCUT2D eigenvalue weighted by Crippen LogP contribution is -2.43. The maximum absolute atomic E-state index is 13.1. The molecule has 0 bridgehead atoms. The maximum Gasteiger partial charge on any atom is 0.264 e. The second-order valence-electron chi connectivity index (χ2n) is 9.17. The van der Waals surface area contributed by atoms with Gasteiger partial charge in [0.2, 0.25) is 5.91 Å². The van der Waals surface area contributed by atoms with E-state index < -0.39 is 17.4 Å². The van der Waals surface area contributed by atoms with Crippen LogP contribution in [0.1, 0.15) is 42.1 Å². The number of rotatable bonds is 7. The first-order chi connectivity index (χ1) is 16.8. The summed E-state index contributed by atoms with van der Waals surface area (Å²) in [7, 11) is 1.60. The number of anilines is 2. The first-order valence-corrected chi connectivity index (χ1v) is 11.9. The predicted octanol–water partition coefficient (Wildman–Crippen LogP) is 2.67. The molecule has 1 saturated heterocycles. The Kier molecular flexibility index (Phi) is 7.05. The van der Waals surface area contributed by atoms with Crippen LogP contribution in [0, 0.1) is 5.92 Å². The van der Waals surface area contributed by atoms with E-state index in [1.807, 2.05) is 6.07 Å². The predicted molar refractivity (Wildman–Crippen MR) is 133 cm³/mol. The van der Waals surface area contributed by atoms with E-state index in [0.717, 1.165) is 12.8 Å². The van der Waals surface area contributed by atoms with Gasteiger partial charge in [0, 0.05) is 42.7 Å². The number of likely N-dealkylation sites (tertiary alicyclic amines) is 1. The SMILES string of the molecule is C[C@H](/C=C/CC(=O)N1CCC[C@H]1CO)[C@@]1(O)C(=O)N(C)c2ccc(NC(=O)c3ccccc3)cc21. The van der Waals surface area contributed by atoms with Crippen LogP contribution >= 0.6 is 0 Å². The summed E-state index contributed by atoms with van der Waals surface area (Å²) in [5.74, 6) is -1.47. The molecule has 0 aromatic heterocycles. The van der Waals surface area contributed by atoms with Crippen LogP contribution in [0.3, 0.4) is 0 Å². The second kappa shape index (κ2) is 10.0. The number of nitrogens with zero attached hydrogens (tertiary/aromatic N) is 2. The number of benzene rings is 2. The van der Waals surface area contributed by atoms with Gasteiger partial charge in [0.15, 0.2) is 5.60 Å². The molecule has 2 heterocycles. The quantitative estimate of drug-likeness (QED) is 0.531. The van der Waals surface area contributed by atoms with Crippen molar-refractivity contribution < 1.29 is 24.6 Å². The average molecular weight is 478 g/mol. The van der Waals surface area contributed by atoms with Gasteiger partial charge >= 0.3 is 0 Å². The number of aliphatic hydroxyl groups is 2. The summed E-state index contributed by atoms with van der Waals surface area (Å²) in [5, 5.41) is 23.9. The first kappa shape index (κ1) is 24.6. The number of fused-ring (bicyclic) bond motifs is 1. The largest absolute Gasteiger partial charge is 0.394 e. The van der Waals surface area contributed by atoms with Crippen molar-refractivity contribution in [1.82, 2.24) is 4.90 Å². The fraction of sp³-hybridized carbons (Fsp3) is 0.370. The molecule has 4 rings (SSSR count). The Labute approximate surface area is 204 Å². The standard InChI is InChI=1S/C27H31N3O5/c1-18(8-6-12-24(32)30-15-7-11-21(30)17-31)27(35)22-16-20(13-14-23(22)29(2)26(27)34)28-25(33)19-9-4-3-5-10-19/h3-6,8-10,13-14,16,18,21,31,35H,7,11-12,15,17H2,1-2H3,(H,28,33)/b8-6+/t18-,21+,27+/m1/s1. The third kappa shape index (κ3) is 4.59. The van der Waals surface area contributed by atoms with Crippen molar-refractivity contribution >= 4 is 29.1 Å². The number of aliphatic hydroxyl groups excluding tert-OH is 1. The number of carbonyl (C=O) groups excluding carboxylic acids is 3. The lowest BCUT2D eigenvalue weighted by atomic mass is 9.82. The summed E-state index contributed by atoms with van der Waals surface area (Å²) in [6, 6.07) is 13.7. The minimum atomic E-state index is -1.83. The molecule has 3 N–H and O–H groups in total. The highest BCUT2D eigenvalue weighted by molar-refractivity contribution is 6.08. The smallest absolute Gasteiger partial charge is 0.264 e. The van der Waals surface area contributed by atoms with E-state index in [0.29, 0.717) is 29.0 Å². The molecule has 0 unspecified atom stereocenters. The number of nitrogens with one attached hydrogen (secondary N) is 1. The lowest BCUT2D eigenvalue weighted by Gasteiger charge is -2.27. The normalized spacial score (nSPS) is 22.5. The molecule has 8 nitrogen and oxygen atoms in total. The van der Waals surface area contributed by atoms with Gasteiger partial charge in [0.25, 0.3) is 11.8 Å². The molecule has 3 atom stereocenters. The van der Waals surface area contributed by atoms with Crippen molar-refractivity contribution in [2.75, 3.05) is 30.4 Å². The summed E-state index contributed by atoms with van der Waals surface area (Å²) in [5.41, 5.74) is 0.0975. The zero-order valence-electron chi connectivity index (χ0n) is 20.0. The third-order valence-corrected chi connectivity index (χ3v) is 6.98. The van der Waals surface area contributed by atoms with Gasteiger partial charge in [0.05, 0.1) is 18.3 Å². The van der Waals surface area contributed by atoms with E-state index >= 15 is 0 Å². The molecule has 0 saturated carbocycles. The van der Waals surface area contributed by atoms with Crippen LogP contribution in [-0.4, -0.2) is 59.1 Å². The Morgan fingerprint density at radius 3 is 2.69 bits per heavy atom. The Hall–Kier alpha value is -3.49. The van der Waals surface area contributed by atoms with Crippen molar-refractivity contribution in [2.24, 2.45) is 5.92 Å². The number of likely N-dealkylation sites (N-methyl/N-ethyl adjacent to an activating group) is 1. The Morgan fingerprint density at radius 2 is 1.97 bits per heavy atom. The highest BCUT2D eigenvalue weighted by atomic mass is 16.3. The molecule has 0 aliphatic carbocycles. The van der Waals surface area contributed by atoms with E-state index in [-0.39, 0.29) is 30.9 Å². The van der Waals surface area contributed by atoms with E-state index in [1.165, 1.54) is 4.90 Å². The highest BCUT2D eigenvalue weighted by Gasteiger charge is 2.51. The van der Waals surface area contributed by atoms with Gasteiger partial charge in [-0.3, -0.25) is 14.4 Å². The van der Waals surface area contributed by atoms with Crippen LogP contribution in [0.2, 0.25) is 0 Å². The molecular formula is C27H31N3O5. The summed E-state index contributed by atoms with van der Waals surface area (Å²) in [6.45, 7) is 2.31. The van der Waals surface area contributed by atoms with Crippen molar-refractivity contribution in [2.45, 2.75) is 37.8 Å². The van der Waals surface area contributed by atoms with Crippen LogP contribution in [0.5, 0.6) is 0 Å². The molecule has 0 radical (unpaired) electrons. The molecule has 35 heavy (non-hydrogen) atoms. The van der Waals surface area contributed by atoms with Crippen LogP contribution in [0.4, 0.5) is 11.4 Å². The minimum absolute atomic E-state index is 0.0492. The minimum Gasteiger partial charge on any atom is -0.394 e. The Bertz CT molecular complexity index is 1150. The van der Waals surface area contributed by atoms with Crippen molar-refractivity contribution in [3.8, 4) is 0 Å². The zero-order valence-corrected chi connectivity index (χ0v) is 20.0. The third-order valence-electron chi connectivity index (χ3n) is 6.98. The van der Waals surface area contributed by atoms with Gasteiger partial charge in [0.1, 0.15) is 0 Å². The summed E-state index contributed by atoms with van der Waals surface area (Å²) in [4.78, 5) is 41.4. The lowest BCUT2D eigenvalue weighted by molar-refractivity contribution is -0.139. The fourth-order valence-electron chi connectivity index (χ4n) is 4.91. The molecule has 2 aromatic carbocycles. The molecule has 184 valence electrons. The van der Waals surface area contributed by atoms with Gasteiger partial charge in [-0.15, -0.1) is 0 Å². The molecule has 2 aromatic rings. The van der Waals surface area contributed by atoms with Gasteiger partial charge in [-0.25, -0.2) is 0 Å². The summed E-state index contributed by atoms with van der Waals surface area (Å²) < 4.78 is 0. The number of amides is 3. The number of hydrogen-bond donors (Lipinski definition) is 3. The topological polar surface area (TPSA) is 110 Å². The number of hydrogen-bond acceptors (Lipinski definition) is 5. The van der Waals surface area contributed by atoms with Crippen LogP contribution in [0.25, 0.3) is 0 Å². The molecule has 0 spiro atoms. The van der Waals surface area contributed by atoms with E-state index in [2.05, 4.69) is 5.32 Å². The molecule has 8 heteroatoms. The molecule has 2 aliphatic rings. The molecule has 3 amide bonds. The van der Waals surface area contributed by atoms with Gasteiger partial charge in [-0.05, 0) is 43.2 Å². The summed E-state index contributed by atoms with van der Waals surface area (Å²) in [6.07, 6.45) is 5.14. The van der Waals surface area contributed by atoms with Crippen LogP contribution in [-0.2, 0) is 15.2 Å². The van der Waals surface area contributed by atoms with Gasteiger partial charge in [-0.1, -0.05) is 37.3 Å². The zero-order chi connectivity index (χ0) is 25.2. The average Bonchev–Trinajstić information content (AvgIpc) is 3.43. The van der Waals surface area contributed by atoms with Crippen molar-refractivity contribution in [3.63, 3.8) is 0 Å². The van der Waals surface area contributed by atoms with Crippen LogP contribution in [0.15, 0.2) is 60.7 Å². The highest BCUT2D eigenvalue weighted by Crippen LogP contribution is 2.45. The van der Waals surface area contributed by atoms with Gasteiger partial charge < -0.3 is 25.3 Å². The van der Waals surface area contributed by atoms with Crippen molar-refractivity contribution in [1.29, 1.82) is 0 Å². The fourth-order valence-corrected chi connectivity index (χ4v) is 4.91. The monoisotopic (exact) mass is 477 g/mol. The maximum atomic E-state index is 13.1. The molecule has 2 aliphatic heterocycles. The van der Waals surface area contributed by atoms with E-state index in [1.54, 1.807) is 73.5 Å². The molecular weight excluding hydrogens is 446 g/mol. The Balaban J connectivity index is 1.52. The van der Waals surface area contributed by atoms with Crippen molar-refractivity contribution in [3.05, 3.63) is 71.8 Å².